The molecule has 1 aliphatic heterocycles. The molecule has 162 valence electrons. The SMILES string of the molecule is CC1CCN(C(=O)CNC(=O)OCC2c3ccccc3-c3ccccc32)CC1C(=O)O. The second-order valence-electron chi connectivity index (χ2n) is 8.23. The van der Waals surface area contributed by atoms with Crippen molar-refractivity contribution in [1.29, 1.82) is 0 Å². The molecule has 2 atom stereocenters. The Morgan fingerprint density at radius 1 is 1.06 bits per heavy atom. The lowest BCUT2D eigenvalue weighted by molar-refractivity contribution is -0.147. The van der Waals surface area contributed by atoms with Gasteiger partial charge in [0, 0.05) is 19.0 Å². The van der Waals surface area contributed by atoms with E-state index in [1.807, 2.05) is 43.3 Å². The molecule has 2 aliphatic rings. The molecule has 1 aliphatic carbocycles. The number of aliphatic carboxylic acids is 1. The number of carbonyl (C=O) groups excluding carboxylic acids is 2. The van der Waals surface area contributed by atoms with Crippen LogP contribution in [-0.4, -0.2) is 54.2 Å². The van der Waals surface area contributed by atoms with Gasteiger partial charge in [0.15, 0.2) is 0 Å². The Bertz CT molecular complexity index is 959. The Labute approximate surface area is 181 Å². The van der Waals surface area contributed by atoms with Crippen molar-refractivity contribution in [2.24, 2.45) is 11.8 Å². The Kier molecular flexibility index (Phi) is 5.93. The second kappa shape index (κ2) is 8.79. The van der Waals surface area contributed by atoms with Gasteiger partial charge in [-0.3, -0.25) is 9.59 Å². The van der Waals surface area contributed by atoms with Crippen molar-refractivity contribution in [3.63, 3.8) is 0 Å². The second-order valence-corrected chi connectivity index (χ2v) is 8.23. The molecule has 7 nitrogen and oxygen atoms in total. The summed E-state index contributed by atoms with van der Waals surface area (Å²) >= 11 is 0. The summed E-state index contributed by atoms with van der Waals surface area (Å²) in [4.78, 5) is 37.5. The van der Waals surface area contributed by atoms with Crippen LogP contribution in [0.5, 0.6) is 0 Å². The van der Waals surface area contributed by atoms with E-state index in [4.69, 9.17) is 4.74 Å². The maximum Gasteiger partial charge on any atom is 0.407 e. The summed E-state index contributed by atoms with van der Waals surface area (Å²) in [6.07, 6.45) is -0.0245. The summed E-state index contributed by atoms with van der Waals surface area (Å²) < 4.78 is 5.44. The van der Waals surface area contributed by atoms with Gasteiger partial charge in [-0.25, -0.2) is 4.79 Å². The van der Waals surface area contributed by atoms with Crippen LogP contribution in [0.15, 0.2) is 48.5 Å². The number of hydrogen-bond acceptors (Lipinski definition) is 4. The molecule has 0 saturated carbocycles. The van der Waals surface area contributed by atoms with E-state index in [0.717, 1.165) is 22.3 Å². The maximum atomic E-state index is 12.4. The summed E-state index contributed by atoms with van der Waals surface area (Å²) in [6, 6.07) is 16.1. The zero-order valence-corrected chi connectivity index (χ0v) is 17.4. The molecule has 0 aromatic heterocycles. The van der Waals surface area contributed by atoms with E-state index in [1.54, 1.807) is 0 Å². The topological polar surface area (TPSA) is 95.9 Å². The highest BCUT2D eigenvalue weighted by atomic mass is 16.5. The molecule has 2 unspecified atom stereocenters. The van der Waals surface area contributed by atoms with Crippen molar-refractivity contribution in [2.45, 2.75) is 19.3 Å². The third-order valence-electron chi connectivity index (χ3n) is 6.36. The number of carboxylic acid groups (broad SMARTS) is 1. The van der Waals surface area contributed by atoms with E-state index < -0.39 is 18.0 Å². The third-order valence-corrected chi connectivity index (χ3v) is 6.36. The lowest BCUT2D eigenvalue weighted by atomic mass is 9.87. The number of rotatable bonds is 5. The molecular weight excluding hydrogens is 396 g/mol. The quantitative estimate of drug-likeness (QED) is 0.772. The molecule has 2 N–H and O–H groups in total. The number of piperidine rings is 1. The van der Waals surface area contributed by atoms with Gasteiger partial charge in [0.05, 0.1) is 5.92 Å². The van der Waals surface area contributed by atoms with Crippen LogP contribution >= 0.6 is 0 Å². The van der Waals surface area contributed by atoms with E-state index in [2.05, 4.69) is 17.4 Å². The lowest BCUT2D eigenvalue weighted by Crippen LogP contribution is -2.49. The van der Waals surface area contributed by atoms with Gasteiger partial charge in [-0.2, -0.15) is 0 Å². The zero-order valence-electron chi connectivity index (χ0n) is 17.4. The number of carbonyl (C=O) groups is 3. The monoisotopic (exact) mass is 422 g/mol. The largest absolute Gasteiger partial charge is 0.481 e. The Morgan fingerprint density at radius 3 is 2.29 bits per heavy atom. The van der Waals surface area contributed by atoms with Crippen molar-refractivity contribution in [2.75, 3.05) is 26.2 Å². The predicted molar refractivity (Wildman–Crippen MR) is 115 cm³/mol. The van der Waals surface area contributed by atoms with Crippen LogP contribution in [0, 0.1) is 11.8 Å². The number of carboxylic acids is 1. The number of nitrogens with zero attached hydrogens (tertiary/aromatic N) is 1. The van der Waals surface area contributed by atoms with Crippen molar-refractivity contribution in [1.82, 2.24) is 10.2 Å². The minimum absolute atomic E-state index is 0.0247. The molecule has 1 saturated heterocycles. The van der Waals surface area contributed by atoms with Gasteiger partial charge in [-0.05, 0) is 34.6 Å². The number of ether oxygens (including phenoxy) is 1. The normalized spacial score (nSPS) is 20.0. The molecule has 2 amide bonds. The highest BCUT2D eigenvalue weighted by molar-refractivity contribution is 5.83. The minimum atomic E-state index is -0.894. The lowest BCUT2D eigenvalue weighted by Gasteiger charge is -2.34. The van der Waals surface area contributed by atoms with Crippen molar-refractivity contribution < 1.29 is 24.2 Å². The summed E-state index contributed by atoms with van der Waals surface area (Å²) in [5.41, 5.74) is 4.54. The smallest absolute Gasteiger partial charge is 0.407 e. The minimum Gasteiger partial charge on any atom is -0.481 e. The van der Waals surface area contributed by atoms with Crippen molar-refractivity contribution in [3.8, 4) is 11.1 Å². The van der Waals surface area contributed by atoms with Gasteiger partial charge in [0.25, 0.3) is 0 Å². The van der Waals surface area contributed by atoms with Crippen LogP contribution in [0.3, 0.4) is 0 Å². The molecule has 7 heteroatoms. The zero-order chi connectivity index (χ0) is 22.0. The first kappa shape index (κ1) is 20.9. The Morgan fingerprint density at radius 2 is 1.68 bits per heavy atom. The average molecular weight is 422 g/mol. The van der Waals surface area contributed by atoms with E-state index in [0.29, 0.717) is 13.0 Å². The highest BCUT2D eigenvalue weighted by Crippen LogP contribution is 2.44. The van der Waals surface area contributed by atoms with Crippen LogP contribution in [0.4, 0.5) is 4.79 Å². The number of likely N-dealkylation sites (tertiary alicyclic amines) is 1. The van der Waals surface area contributed by atoms with Gasteiger partial charge in [-0.1, -0.05) is 55.5 Å². The number of hydrogen-bond donors (Lipinski definition) is 2. The van der Waals surface area contributed by atoms with Gasteiger partial charge in [-0.15, -0.1) is 0 Å². The summed E-state index contributed by atoms with van der Waals surface area (Å²) in [5, 5.41) is 11.8. The summed E-state index contributed by atoms with van der Waals surface area (Å²) in [6.45, 7) is 2.52. The van der Waals surface area contributed by atoms with Crippen molar-refractivity contribution >= 4 is 18.0 Å². The number of alkyl carbamates (subject to hydrolysis) is 1. The molecular formula is C24H26N2O5. The van der Waals surface area contributed by atoms with Crippen LogP contribution in [0.1, 0.15) is 30.4 Å². The number of amides is 2. The molecule has 4 rings (SSSR count). The average Bonchev–Trinajstić information content (AvgIpc) is 3.10. The predicted octanol–water partition coefficient (Wildman–Crippen LogP) is 3.09. The first-order chi connectivity index (χ1) is 15.0. The molecule has 0 spiro atoms. The van der Waals surface area contributed by atoms with Crippen LogP contribution in [0.25, 0.3) is 11.1 Å². The summed E-state index contributed by atoms with van der Waals surface area (Å²) in [7, 11) is 0. The fourth-order valence-electron chi connectivity index (χ4n) is 4.53. The summed E-state index contributed by atoms with van der Waals surface area (Å²) in [5.74, 6) is -1.79. The number of fused-ring (bicyclic) bond motifs is 3. The highest BCUT2D eigenvalue weighted by Gasteiger charge is 2.33. The number of nitrogens with one attached hydrogen (secondary N) is 1. The third kappa shape index (κ3) is 4.26. The first-order valence-corrected chi connectivity index (χ1v) is 10.5. The molecule has 2 aromatic carbocycles. The van der Waals surface area contributed by atoms with E-state index >= 15 is 0 Å². The Balaban J connectivity index is 1.31. The van der Waals surface area contributed by atoms with Crippen molar-refractivity contribution in [3.05, 3.63) is 59.7 Å². The van der Waals surface area contributed by atoms with E-state index in [9.17, 15) is 19.5 Å². The maximum absolute atomic E-state index is 12.4. The standard InChI is InChI=1S/C24H26N2O5/c1-15-10-11-26(13-20(15)23(28)29)22(27)12-25-24(30)31-14-21-18-8-4-2-6-16(18)17-7-3-5-9-19(17)21/h2-9,15,20-21H,10-14H2,1H3,(H,25,30)(H,28,29). The molecule has 0 radical (unpaired) electrons. The number of benzene rings is 2. The fraction of sp³-hybridized carbons (Fsp3) is 0.375. The van der Waals surface area contributed by atoms with Gasteiger partial charge in [0.2, 0.25) is 5.91 Å². The van der Waals surface area contributed by atoms with Gasteiger partial charge >= 0.3 is 12.1 Å². The van der Waals surface area contributed by atoms with Crippen LogP contribution < -0.4 is 5.32 Å². The van der Waals surface area contributed by atoms with Crippen LogP contribution in [-0.2, 0) is 14.3 Å². The van der Waals surface area contributed by atoms with Crippen LogP contribution in [0.2, 0.25) is 0 Å². The van der Waals surface area contributed by atoms with E-state index in [1.165, 1.54) is 4.90 Å². The first-order valence-electron chi connectivity index (χ1n) is 10.5. The van der Waals surface area contributed by atoms with Gasteiger partial charge in [0.1, 0.15) is 13.2 Å². The Hall–Kier alpha value is -3.35. The molecule has 31 heavy (non-hydrogen) atoms. The molecule has 1 heterocycles. The fourth-order valence-corrected chi connectivity index (χ4v) is 4.53. The van der Waals surface area contributed by atoms with Gasteiger partial charge < -0.3 is 20.1 Å². The van der Waals surface area contributed by atoms with E-state index in [-0.39, 0.29) is 37.4 Å². The molecule has 2 aromatic rings. The molecule has 1 fully saturated rings. The molecule has 0 bridgehead atoms.